The number of anilines is 1. The second kappa shape index (κ2) is 6.92. The van der Waals surface area contributed by atoms with Crippen LogP contribution in [0.5, 0.6) is 5.75 Å². The molecule has 1 aromatic carbocycles. The van der Waals surface area contributed by atoms with Crippen LogP contribution in [-0.2, 0) is 9.59 Å². The van der Waals surface area contributed by atoms with Crippen molar-refractivity contribution in [3.63, 3.8) is 0 Å². The van der Waals surface area contributed by atoms with E-state index >= 15 is 0 Å². The van der Waals surface area contributed by atoms with Gasteiger partial charge in [0.05, 0.1) is 5.92 Å². The number of carbonyl (C=O) groups is 2. The molecular formula is C19H22N4O3S. The molecule has 3 heterocycles. The predicted molar refractivity (Wildman–Crippen MR) is 102 cm³/mol. The Morgan fingerprint density at radius 2 is 2.00 bits per heavy atom. The maximum Gasteiger partial charge on any atom is 0.234 e. The van der Waals surface area contributed by atoms with E-state index in [-0.39, 0.29) is 17.7 Å². The number of aromatic nitrogens is 2. The van der Waals surface area contributed by atoms with Gasteiger partial charge in [-0.15, -0.1) is 10.2 Å². The SMILES string of the molecule is CC(=O)N1CCC2(CC1)CC(C(=O)Nc1nnc(C)s1)c1ccccc1O2. The summed E-state index contributed by atoms with van der Waals surface area (Å²) in [5.41, 5.74) is 0.482. The van der Waals surface area contributed by atoms with Gasteiger partial charge in [0, 0.05) is 44.8 Å². The molecule has 8 heteroatoms. The molecule has 0 bridgehead atoms. The van der Waals surface area contributed by atoms with E-state index < -0.39 is 5.60 Å². The third kappa shape index (κ3) is 3.53. The highest BCUT2D eigenvalue weighted by atomic mass is 32.1. The Labute approximate surface area is 161 Å². The first-order chi connectivity index (χ1) is 13.0. The summed E-state index contributed by atoms with van der Waals surface area (Å²) in [6.45, 7) is 4.76. The molecule has 2 aliphatic rings. The maximum atomic E-state index is 13.0. The van der Waals surface area contributed by atoms with Crippen molar-refractivity contribution in [2.45, 2.75) is 44.6 Å². The average molecular weight is 386 g/mol. The van der Waals surface area contributed by atoms with Gasteiger partial charge >= 0.3 is 0 Å². The van der Waals surface area contributed by atoms with Crippen LogP contribution in [-0.4, -0.2) is 45.6 Å². The molecular weight excluding hydrogens is 364 g/mol. The zero-order valence-electron chi connectivity index (χ0n) is 15.4. The highest BCUT2D eigenvalue weighted by Gasteiger charge is 2.45. The number of nitrogens with zero attached hydrogens (tertiary/aromatic N) is 3. The second-order valence-corrected chi connectivity index (χ2v) is 8.38. The number of piperidine rings is 1. The number of aryl methyl sites for hydroxylation is 1. The van der Waals surface area contributed by atoms with Crippen LogP contribution in [0.2, 0.25) is 0 Å². The summed E-state index contributed by atoms with van der Waals surface area (Å²) in [6.07, 6.45) is 2.05. The van der Waals surface area contributed by atoms with Crippen LogP contribution in [0.4, 0.5) is 5.13 Å². The highest BCUT2D eigenvalue weighted by molar-refractivity contribution is 7.15. The largest absolute Gasteiger partial charge is 0.487 e. The Morgan fingerprint density at radius 1 is 1.26 bits per heavy atom. The summed E-state index contributed by atoms with van der Waals surface area (Å²) in [5.74, 6) is 0.439. The van der Waals surface area contributed by atoms with Gasteiger partial charge in [-0.25, -0.2) is 0 Å². The van der Waals surface area contributed by atoms with E-state index in [4.69, 9.17) is 4.74 Å². The topological polar surface area (TPSA) is 84.4 Å². The van der Waals surface area contributed by atoms with Crippen LogP contribution in [0.1, 0.15) is 42.7 Å². The van der Waals surface area contributed by atoms with Crippen molar-refractivity contribution in [1.29, 1.82) is 0 Å². The maximum absolute atomic E-state index is 13.0. The number of hydrogen-bond acceptors (Lipinski definition) is 6. The van der Waals surface area contributed by atoms with Gasteiger partial charge in [0.15, 0.2) is 0 Å². The van der Waals surface area contributed by atoms with Gasteiger partial charge in [0.1, 0.15) is 16.4 Å². The fraction of sp³-hybridized carbons (Fsp3) is 0.474. The summed E-state index contributed by atoms with van der Waals surface area (Å²) in [4.78, 5) is 26.5. The van der Waals surface area contributed by atoms with E-state index in [1.165, 1.54) is 11.3 Å². The van der Waals surface area contributed by atoms with Gasteiger partial charge in [-0.3, -0.25) is 14.9 Å². The van der Waals surface area contributed by atoms with E-state index in [0.29, 0.717) is 24.6 Å². The molecule has 1 N–H and O–H groups in total. The number of rotatable bonds is 2. The molecule has 7 nitrogen and oxygen atoms in total. The van der Waals surface area contributed by atoms with E-state index in [0.717, 1.165) is 29.2 Å². The lowest BCUT2D eigenvalue weighted by Crippen LogP contribution is -2.52. The first-order valence-electron chi connectivity index (χ1n) is 9.10. The van der Waals surface area contributed by atoms with Crippen LogP contribution in [0.25, 0.3) is 0 Å². The lowest BCUT2D eigenvalue weighted by molar-refractivity contribution is -0.134. The number of amides is 2. The quantitative estimate of drug-likeness (QED) is 0.858. The van der Waals surface area contributed by atoms with Gasteiger partial charge in [-0.2, -0.15) is 0 Å². The number of fused-ring (bicyclic) bond motifs is 1. The van der Waals surface area contributed by atoms with Gasteiger partial charge < -0.3 is 9.64 Å². The number of benzene rings is 1. The summed E-state index contributed by atoms with van der Waals surface area (Å²) < 4.78 is 6.38. The fourth-order valence-electron chi connectivity index (χ4n) is 3.93. The average Bonchev–Trinajstić information content (AvgIpc) is 3.06. The standard InChI is InChI=1S/C19H22N4O3S/c1-12-21-22-18(27-12)20-17(25)15-11-19(7-9-23(10-8-19)13(2)24)26-16-6-4-3-5-14(15)16/h3-6,15H,7-11H2,1-2H3,(H,20,22,25). The van der Waals surface area contributed by atoms with Crippen LogP contribution in [0.3, 0.4) is 0 Å². The van der Waals surface area contributed by atoms with Crippen molar-refractivity contribution in [2.24, 2.45) is 0 Å². The Hall–Kier alpha value is -2.48. The van der Waals surface area contributed by atoms with Crippen molar-refractivity contribution < 1.29 is 14.3 Å². The minimum atomic E-state index is -0.417. The monoisotopic (exact) mass is 386 g/mol. The normalized spacial score (nSPS) is 20.7. The van der Waals surface area contributed by atoms with Gasteiger partial charge in [-0.05, 0) is 13.0 Å². The van der Waals surface area contributed by atoms with Crippen molar-refractivity contribution >= 4 is 28.3 Å². The zero-order chi connectivity index (χ0) is 19.0. The predicted octanol–water partition coefficient (Wildman–Crippen LogP) is 2.73. The molecule has 142 valence electrons. The van der Waals surface area contributed by atoms with Crippen molar-refractivity contribution in [3.8, 4) is 5.75 Å². The molecule has 1 aromatic heterocycles. The number of ether oxygens (including phenoxy) is 1. The second-order valence-electron chi connectivity index (χ2n) is 7.20. The molecule has 2 aliphatic heterocycles. The molecule has 4 rings (SSSR count). The summed E-state index contributed by atoms with van der Waals surface area (Å²) in [7, 11) is 0. The van der Waals surface area contributed by atoms with Crippen LogP contribution in [0, 0.1) is 6.92 Å². The lowest BCUT2D eigenvalue weighted by atomic mass is 9.77. The number of likely N-dealkylation sites (tertiary alicyclic amines) is 1. The number of para-hydroxylation sites is 1. The minimum Gasteiger partial charge on any atom is -0.487 e. The molecule has 1 fully saturated rings. The van der Waals surface area contributed by atoms with E-state index in [9.17, 15) is 9.59 Å². The van der Waals surface area contributed by atoms with Crippen molar-refractivity contribution in [3.05, 3.63) is 34.8 Å². The Kier molecular flexibility index (Phi) is 4.59. The minimum absolute atomic E-state index is 0.0852. The molecule has 27 heavy (non-hydrogen) atoms. The number of nitrogens with one attached hydrogen (secondary N) is 1. The highest BCUT2D eigenvalue weighted by Crippen LogP contribution is 2.45. The van der Waals surface area contributed by atoms with Gasteiger partial charge in [0.25, 0.3) is 0 Å². The third-order valence-electron chi connectivity index (χ3n) is 5.39. The molecule has 1 saturated heterocycles. The molecule has 1 unspecified atom stereocenters. The van der Waals surface area contributed by atoms with Crippen LogP contribution in [0.15, 0.2) is 24.3 Å². The molecule has 0 aliphatic carbocycles. The van der Waals surface area contributed by atoms with Crippen LogP contribution >= 0.6 is 11.3 Å². The summed E-state index contributed by atoms with van der Waals surface area (Å²) in [6, 6.07) is 7.71. The van der Waals surface area contributed by atoms with Gasteiger partial charge in [-0.1, -0.05) is 29.5 Å². The molecule has 0 saturated carbocycles. The Balaban J connectivity index is 1.59. The smallest absolute Gasteiger partial charge is 0.234 e. The van der Waals surface area contributed by atoms with E-state index in [1.54, 1.807) is 6.92 Å². The summed E-state index contributed by atoms with van der Waals surface area (Å²) >= 11 is 1.36. The Bertz CT molecular complexity index is 873. The third-order valence-corrected chi connectivity index (χ3v) is 6.14. The first kappa shape index (κ1) is 17.9. The lowest BCUT2D eigenvalue weighted by Gasteiger charge is -2.46. The van der Waals surface area contributed by atoms with Crippen LogP contribution < -0.4 is 10.1 Å². The first-order valence-corrected chi connectivity index (χ1v) is 9.92. The molecule has 2 aromatic rings. The van der Waals surface area contributed by atoms with E-state index in [1.807, 2.05) is 36.1 Å². The van der Waals surface area contributed by atoms with Gasteiger partial charge in [0.2, 0.25) is 16.9 Å². The Morgan fingerprint density at radius 3 is 2.67 bits per heavy atom. The molecule has 1 atom stereocenters. The van der Waals surface area contributed by atoms with Crippen molar-refractivity contribution in [1.82, 2.24) is 15.1 Å². The van der Waals surface area contributed by atoms with Crippen molar-refractivity contribution in [2.75, 3.05) is 18.4 Å². The number of carbonyl (C=O) groups excluding carboxylic acids is 2. The molecule has 1 spiro atoms. The van der Waals surface area contributed by atoms with E-state index in [2.05, 4.69) is 15.5 Å². The molecule has 0 radical (unpaired) electrons. The zero-order valence-corrected chi connectivity index (χ0v) is 16.2. The summed E-state index contributed by atoms with van der Waals surface area (Å²) in [5, 5.41) is 12.2. The fourth-order valence-corrected chi connectivity index (χ4v) is 4.52. The molecule has 2 amide bonds. The number of hydrogen-bond donors (Lipinski definition) is 1.